The summed E-state index contributed by atoms with van der Waals surface area (Å²) in [6.45, 7) is 5.65. The molecular formula is C27H33ClN4O4S2. The maximum absolute atomic E-state index is 13.8. The van der Waals surface area contributed by atoms with E-state index in [-0.39, 0.29) is 10.8 Å². The van der Waals surface area contributed by atoms with Crippen molar-refractivity contribution in [2.24, 2.45) is 0 Å². The van der Waals surface area contributed by atoms with Crippen LogP contribution in [-0.4, -0.2) is 81.0 Å². The number of fused-ring (bicyclic) bond motifs is 1. The van der Waals surface area contributed by atoms with Gasteiger partial charge in [0.1, 0.15) is 5.52 Å². The number of rotatable bonds is 8. The lowest BCUT2D eigenvalue weighted by Crippen LogP contribution is -2.39. The van der Waals surface area contributed by atoms with Crippen LogP contribution in [0.1, 0.15) is 42.5 Å². The number of sulfonamides is 1. The van der Waals surface area contributed by atoms with Crippen LogP contribution in [0.4, 0.5) is 5.13 Å². The lowest BCUT2D eigenvalue weighted by Gasteiger charge is -2.27. The van der Waals surface area contributed by atoms with Gasteiger partial charge in [0.15, 0.2) is 5.13 Å². The molecule has 204 valence electrons. The third kappa shape index (κ3) is 6.21. The maximum Gasteiger partial charge on any atom is 0.260 e. The van der Waals surface area contributed by atoms with E-state index in [9.17, 15) is 13.2 Å². The number of ether oxygens (including phenoxy) is 1. The van der Waals surface area contributed by atoms with Crippen molar-refractivity contribution < 1.29 is 17.9 Å². The zero-order chi connectivity index (χ0) is 26.5. The Labute approximate surface area is 233 Å². The summed E-state index contributed by atoms with van der Waals surface area (Å²) in [4.78, 5) is 22.7. The van der Waals surface area contributed by atoms with Crippen LogP contribution in [0.3, 0.4) is 0 Å². The van der Waals surface area contributed by atoms with E-state index in [1.165, 1.54) is 11.3 Å². The van der Waals surface area contributed by atoms with Crippen LogP contribution in [0.25, 0.3) is 10.2 Å². The molecule has 3 heterocycles. The van der Waals surface area contributed by atoms with E-state index in [0.29, 0.717) is 40.9 Å². The first-order chi connectivity index (χ1) is 18.4. The summed E-state index contributed by atoms with van der Waals surface area (Å²) in [5.74, 6) is -0.208. The van der Waals surface area contributed by atoms with Crippen molar-refractivity contribution in [2.45, 2.75) is 37.0 Å². The van der Waals surface area contributed by atoms with Gasteiger partial charge in [0.25, 0.3) is 5.91 Å². The number of anilines is 1. The minimum absolute atomic E-state index is 0.208. The smallest absolute Gasteiger partial charge is 0.260 e. The molecule has 38 heavy (non-hydrogen) atoms. The first-order valence-corrected chi connectivity index (χ1v) is 15.8. The first-order valence-electron chi connectivity index (χ1n) is 13.2. The summed E-state index contributed by atoms with van der Waals surface area (Å²) < 4.78 is 34.3. The Morgan fingerprint density at radius 3 is 2.39 bits per heavy atom. The molecule has 2 aromatic carbocycles. The van der Waals surface area contributed by atoms with E-state index in [1.807, 2.05) is 12.1 Å². The summed E-state index contributed by atoms with van der Waals surface area (Å²) >= 11 is 7.80. The van der Waals surface area contributed by atoms with Gasteiger partial charge in [-0.25, -0.2) is 13.4 Å². The fourth-order valence-corrected chi connectivity index (χ4v) is 7.74. The molecule has 5 rings (SSSR count). The Bertz CT molecular complexity index is 1350. The monoisotopic (exact) mass is 576 g/mol. The summed E-state index contributed by atoms with van der Waals surface area (Å²) in [6.07, 6.45) is 4.63. The van der Waals surface area contributed by atoms with Gasteiger partial charge in [-0.3, -0.25) is 14.6 Å². The van der Waals surface area contributed by atoms with Crippen LogP contribution in [-0.2, 0) is 14.8 Å². The van der Waals surface area contributed by atoms with Gasteiger partial charge in [-0.1, -0.05) is 41.8 Å². The Hall–Kier alpha value is -2.08. The van der Waals surface area contributed by atoms with E-state index in [1.54, 1.807) is 39.5 Å². The highest BCUT2D eigenvalue weighted by Gasteiger charge is 2.27. The van der Waals surface area contributed by atoms with Crippen molar-refractivity contribution in [3.8, 4) is 0 Å². The van der Waals surface area contributed by atoms with Crippen molar-refractivity contribution in [3.63, 3.8) is 0 Å². The lowest BCUT2D eigenvalue weighted by molar-refractivity contribution is 0.0376. The molecule has 2 fully saturated rings. The van der Waals surface area contributed by atoms with Crippen LogP contribution >= 0.6 is 22.9 Å². The fraction of sp³-hybridized carbons (Fsp3) is 0.481. The molecule has 2 saturated heterocycles. The number of benzene rings is 2. The lowest BCUT2D eigenvalue weighted by atomic mass is 10.2. The number of halogens is 1. The minimum Gasteiger partial charge on any atom is -0.379 e. The number of para-hydroxylation sites is 1. The van der Waals surface area contributed by atoms with Gasteiger partial charge >= 0.3 is 0 Å². The topological polar surface area (TPSA) is 83.1 Å². The van der Waals surface area contributed by atoms with Crippen molar-refractivity contribution in [1.82, 2.24) is 14.2 Å². The van der Waals surface area contributed by atoms with Crippen LogP contribution in [0.5, 0.6) is 0 Å². The van der Waals surface area contributed by atoms with E-state index >= 15 is 0 Å². The average molecular weight is 577 g/mol. The second-order valence-electron chi connectivity index (χ2n) is 9.69. The number of hydrogen-bond acceptors (Lipinski definition) is 7. The standard InChI is InChI=1S/C27H33ClN4O4S2/c28-23-7-5-8-24-25(23)29-27(37-24)32(16-6-13-30-17-19-36-20-18-30)26(33)21-9-11-22(12-10-21)38(34,35)31-14-3-1-2-4-15-31/h5,7-12H,1-4,6,13-20H2. The van der Waals surface area contributed by atoms with E-state index < -0.39 is 10.0 Å². The van der Waals surface area contributed by atoms with E-state index in [0.717, 1.165) is 69.7 Å². The Morgan fingerprint density at radius 1 is 1.00 bits per heavy atom. The highest BCUT2D eigenvalue weighted by molar-refractivity contribution is 7.89. The van der Waals surface area contributed by atoms with E-state index in [4.69, 9.17) is 21.3 Å². The number of thiazole rings is 1. The third-order valence-electron chi connectivity index (χ3n) is 7.10. The molecule has 0 radical (unpaired) electrons. The number of aromatic nitrogens is 1. The van der Waals surface area contributed by atoms with Crippen LogP contribution in [0, 0.1) is 0 Å². The quantitative estimate of drug-likeness (QED) is 0.380. The number of amides is 1. The largest absolute Gasteiger partial charge is 0.379 e. The molecule has 0 bridgehead atoms. The van der Waals surface area contributed by atoms with Gasteiger partial charge in [0.05, 0.1) is 27.8 Å². The minimum atomic E-state index is -3.58. The van der Waals surface area contributed by atoms with Crippen molar-refractivity contribution >= 4 is 54.2 Å². The number of nitrogens with zero attached hydrogens (tertiary/aromatic N) is 4. The molecule has 0 N–H and O–H groups in total. The zero-order valence-electron chi connectivity index (χ0n) is 21.4. The predicted molar refractivity (Wildman–Crippen MR) is 152 cm³/mol. The molecule has 0 aliphatic carbocycles. The molecule has 1 aromatic heterocycles. The highest BCUT2D eigenvalue weighted by atomic mass is 35.5. The molecule has 2 aliphatic rings. The molecule has 8 nitrogen and oxygen atoms in total. The second kappa shape index (κ2) is 12.4. The van der Waals surface area contributed by atoms with Crippen molar-refractivity contribution in [2.75, 3.05) is 57.4 Å². The Balaban J connectivity index is 1.37. The number of carbonyl (C=O) groups excluding carboxylic acids is 1. The molecule has 2 aliphatic heterocycles. The van der Waals surface area contributed by atoms with Crippen LogP contribution < -0.4 is 4.90 Å². The van der Waals surface area contributed by atoms with Crippen LogP contribution in [0.2, 0.25) is 5.02 Å². The molecule has 0 atom stereocenters. The van der Waals surface area contributed by atoms with Gasteiger partial charge in [0, 0.05) is 44.8 Å². The van der Waals surface area contributed by atoms with Gasteiger partial charge in [-0.2, -0.15) is 4.31 Å². The summed E-state index contributed by atoms with van der Waals surface area (Å²) in [5, 5.41) is 1.13. The average Bonchev–Trinajstić information content (AvgIpc) is 3.17. The third-order valence-corrected chi connectivity index (χ3v) is 10.4. The summed E-state index contributed by atoms with van der Waals surface area (Å²) in [5.41, 5.74) is 1.11. The maximum atomic E-state index is 13.8. The molecule has 3 aromatic rings. The Kier molecular flexibility index (Phi) is 8.97. The number of carbonyl (C=O) groups is 1. The SMILES string of the molecule is O=C(c1ccc(S(=O)(=O)N2CCCCCC2)cc1)N(CCCN1CCOCC1)c1nc2c(Cl)cccc2s1. The number of hydrogen-bond donors (Lipinski definition) is 0. The highest BCUT2D eigenvalue weighted by Crippen LogP contribution is 2.33. The molecule has 11 heteroatoms. The zero-order valence-corrected chi connectivity index (χ0v) is 23.7. The summed E-state index contributed by atoms with van der Waals surface area (Å²) in [7, 11) is -3.58. The van der Waals surface area contributed by atoms with Gasteiger partial charge in [-0.05, 0) is 55.7 Å². The normalized spacial score (nSPS) is 17.9. The molecule has 0 spiro atoms. The first kappa shape index (κ1) is 27.5. The molecule has 0 unspecified atom stereocenters. The van der Waals surface area contributed by atoms with E-state index in [2.05, 4.69) is 4.90 Å². The predicted octanol–water partition coefficient (Wildman–Crippen LogP) is 4.88. The Morgan fingerprint density at radius 2 is 1.71 bits per heavy atom. The van der Waals surface area contributed by atoms with Gasteiger partial charge < -0.3 is 4.74 Å². The summed E-state index contributed by atoms with van der Waals surface area (Å²) in [6, 6.07) is 11.9. The molecular weight excluding hydrogens is 544 g/mol. The second-order valence-corrected chi connectivity index (χ2v) is 13.0. The van der Waals surface area contributed by atoms with Crippen LogP contribution in [0.15, 0.2) is 47.4 Å². The van der Waals surface area contributed by atoms with Crippen molar-refractivity contribution in [1.29, 1.82) is 0 Å². The fourth-order valence-electron chi connectivity index (χ4n) is 4.94. The van der Waals surface area contributed by atoms with Gasteiger partial charge in [-0.15, -0.1) is 0 Å². The molecule has 0 saturated carbocycles. The van der Waals surface area contributed by atoms with Crippen molar-refractivity contribution in [3.05, 3.63) is 53.1 Å². The van der Waals surface area contributed by atoms with Gasteiger partial charge in [0.2, 0.25) is 10.0 Å². The number of morpholine rings is 1. The molecule has 1 amide bonds.